The van der Waals surface area contributed by atoms with Crippen LogP contribution in [-0.4, -0.2) is 28.6 Å². The Kier molecular flexibility index (Phi) is 4.22. The molecule has 0 aromatic heterocycles. The highest BCUT2D eigenvalue weighted by Crippen LogP contribution is 2.37. The number of carboxylic acids is 1. The van der Waals surface area contributed by atoms with E-state index in [1.807, 2.05) is 0 Å². The molecule has 1 N–H and O–H groups in total. The average Bonchev–Trinajstić information content (AvgIpc) is 2.79. The van der Waals surface area contributed by atoms with Crippen LogP contribution in [0.25, 0.3) is 0 Å². The number of halogens is 2. The Labute approximate surface area is 122 Å². The molecule has 108 valence electrons. The van der Waals surface area contributed by atoms with Gasteiger partial charge in [-0.15, -0.1) is 0 Å². The number of carboxylic acid groups (broad SMARTS) is 1. The lowest BCUT2D eigenvalue weighted by Gasteiger charge is -2.25. The summed E-state index contributed by atoms with van der Waals surface area (Å²) in [5.41, 5.74) is -0.0880. The molecular weight excluding hydrogens is 335 g/mol. The van der Waals surface area contributed by atoms with Gasteiger partial charge in [0, 0.05) is 12.6 Å². The van der Waals surface area contributed by atoms with Gasteiger partial charge in [0.25, 0.3) is 5.69 Å². The minimum Gasteiger partial charge on any atom is -0.481 e. The predicted molar refractivity (Wildman–Crippen MR) is 73.4 cm³/mol. The molecule has 2 rings (SSSR count). The van der Waals surface area contributed by atoms with Crippen molar-refractivity contribution in [2.75, 3.05) is 11.4 Å². The Morgan fingerprint density at radius 3 is 2.90 bits per heavy atom. The first kappa shape index (κ1) is 14.7. The smallest absolute Gasteiger partial charge is 0.305 e. The molecule has 1 heterocycles. The van der Waals surface area contributed by atoms with E-state index in [4.69, 9.17) is 5.11 Å². The quantitative estimate of drug-likeness (QED) is 0.669. The lowest BCUT2D eigenvalue weighted by molar-refractivity contribution is -0.384. The largest absolute Gasteiger partial charge is 0.481 e. The van der Waals surface area contributed by atoms with Crippen molar-refractivity contribution in [2.24, 2.45) is 0 Å². The Balaban J connectivity index is 2.42. The van der Waals surface area contributed by atoms with E-state index in [0.717, 1.165) is 12.5 Å². The molecule has 1 aliphatic heterocycles. The molecule has 1 aromatic carbocycles. The third kappa shape index (κ3) is 2.90. The Bertz CT molecular complexity index is 567. The zero-order valence-corrected chi connectivity index (χ0v) is 12.0. The number of nitro groups is 1. The van der Waals surface area contributed by atoms with Crippen molar-refractivity contribution in [3.63, 3.8) is 0 Å². The second-order valence-electron chi connectivity index (χ2n) is 4.60. The number of nitro benzene ring substituents is 1. The zero-order valence-electron chi connectivity index (χ0n) is 10.4. The van der Waals surface area contributed by atoms with Gasteiger partial charge < -0.3 is 10.0 Å². The zero-order chi connectivity index (χ0) is 14.9. The summed E-state index contributed by atoms with van der Waals surface area (Å²) in [4.78, 5) is 22.9. The molecule has 0 aliphatic carbocycles. The summed E-state index contributed by atoms with van der Waals surface area (Å²) in [6.07, 6.45) is 1.31. The summed E-state index contributed by atoms with van der Waals surface area (Å²) < 4.78 is 13.6. The first-order valence-electron chi connectivity index (χ1n) is 6.02. The van der Waals surface area contributed by atoms with E-state index in [9.17, 15) is 19.3 Å². The number of nitrogens with zero attached hydrogens (tertiary/aromatic N) is 2. The predicted octanol–water partition coefficient (Wildman–Crippen LogP) is 2.94. The molecule has 1 fully saturated rings. The molecule has 1 saturated heterocycles. The van der Waals surface area contributed by atoms with Crippen LogP contribution < -0.4 is 4.90 Å². The molecule has 0 radical (unpaired) electrons. The topological polar surface area (TPSA) is 83.7 Å². The normalized spacial score (nSPS) is 18.3. The summed E-state index contributed by atoms with van der Waals surface area (Å²) in [5, 5.41) is 19.9. The van der Waals surface area contributed by atoms with Crippen molar-refractivity contribution >= 4 is 33.3 Å². The van der Waals surface area contributed by atoms with Gasteiger partial charge >= 0.3 is 5.97 Å². The Morgan fingerprint density at radius 2 is 2.30 bits per heavy atom. The lowest BCUT2D eigenvalue weighted by Crippen LogP contribution is -2.31. The molecular formula is C12H12BrFN2O4. The summed E-state index contributed by atoms with van der Waals surface area (Å²) in [6.45, 7) is 0.525. The van der Waals surface area contributed by atoms with Crippen LogP contribution in [-0.2, 0) is 4.79 Å². The van der Waals surface area contributed by atoms with Crippen LogP contribution in [0, 0.1) is 15.9 Å². The van der Waals surface area contributed by atoms with Crippen molar-refractivity contribution in [3.8, 4) is 0 Å². The lowest BCUT2D eigenvalue weighted by atomic mass is 10.1. The van der Waals surface area contributed by atoms with Gasteiger partial charge in [0.2, 0.25) is 0 Å². The van der Waals surface area contributed by atoms with Crippen LogP contribution in [0.4, 0.5) is 15.8 Å². The molecule has 20 heavy (non-hydrogen) atoms. The first-order valence-corrected chi connectivity index (χ1v) is 6.81. The van der Waals surface area contributed by atoms with Crippen LogP contribution in [0.3, 0.4) is 0 Å². The molecule has 0 spiro atoms. The number of carbonyl (C=O) groups is 1. The monoisotopic (exact) mass is 346 g/mol. The van der Waals surface area contributed by atoms with E-state index in [1.165, 1.54) is 6.07 Å². The molecule has 6 nitrogen and oxygen atoms in total. The van der Waals surface area contributed by atoms with Crippen LogP contribution in [0.5, 0.6) is 0 Å². The fraction of sp³-hybridized carbons (Fsp3) is 0.417. The SMILES string of the molecule is O=C(O)CC1CCCN1c1cc(Br)c(F)cc1[N+](=O)[O-]. The van der Waals surface area contributed by atoms with E-state index >= 15 is 0 Å². The fourth-order valence-corrected chi connectivity index (χ4v) is 2.80. The number of benzene rings is 1. The Morgan fingerprint density at radius 1 is 1.60 bits per heavy atom. The number of hydrogen-bond donors (Lipinski definition) is 1. The van der Waals surface area contributed by atoms with Gasteiger partial charge in [-0.3, -0.25) is 14.9 Å². The summed E-state index contributed by atoms with van der Waals surface area (Å²) in [7, 11) is 0. The molecule has 1 atom stereocenters. The molecule has 8 heteroatoms. The third-order valence-corrected chi connectivity index (χ3v) is 3.92. The van der Waals surface area contributed by atoms with E-state index < -0.39 is 16.7 Å². The highest BCUT2D eigenvalue weighted by atomic mass is 79.9. The summed E-state index contributed by atoms with van der Waals surface area (Å²) in [5.74, 6) is -1.67. The van der Waals surface area contributed by atoms with Crippen LogP contribution in [0.1, 0.15) is 19.3 Å². The maximum atomic E-state index is 13.4. The Hall–Kier alpha value is -1.70. The van der Waals surface area contributed by atoms with Crippen LogP contribution >= 0.6 is 15.9 Å². The van der Waals surface area contributed by atoms with Crippen molar-refractivity contribution in [1.29, 1.82) is 0 Å². The van der Waals surface area contributed by atoms with Crippen LogP contribution in [0.15, 0.2) is 16.6 Å². The summed E-state index contributed by atoms with van der Waals surface area (Å²) in [6, 6.07) is 1.90. The minimum absolute atomic E-state index is 0.0911. The number of anilines is 1. The molecule has 0 bridgehead atoms. The van der Waals surface area contributed by atoms with Gasteiger partial charge in [-0.2, -0.15) is 0 Å². The number of rotatable bonds is 4. The first-order chi connectivity index (χ1) is 9.40. The van der Waals surface area contributed by atoms with E-state index in [0.29, 0.717) is 13.0 Å². The molecule has 0 amide bonds. The third-order valence-electron chi connectivity index (χ3n) is 3.31. The van der Waals surface area contributed by atoms with Gasteiger partial charge in [0.1, 0.15) is 11.5 Å². The molecule has 1 aromatic rings. The van der Waals surface area contributed by atoms with Crippen molar-refractivity contribution in [3.05, 3.63) is 32.5 Å². The van der Waals surface area contributed by atoms with Gasteiger partial charge in [0.05, 0.1) is 21.9 Å². The second-order valence-corrected chi connectivity index (χ2v) is 5.45. The number of aliphatic carboxylic acids is 1. The molecule has 1 unspecified atom stereocenters. The van der Waals surface area contributed by atoms with Crippen LogP contribution in [0.2, 0.25) is 0 Å². The maximum absolute atomic E-state index is 13.4. The highest BCUT2D eigenvalue weighted by molar-refractivity contribution is 9.10. The van der Waals surface area contributed by atoms with Crippen molar-refractivity contribution in [2.45, 2.75) is 25.3 Å². The minimum atomic E-state index is -0.953. The maximum Gasteiger partial charge on any atom is 0.305 e. The van der Waals surface area contributed by atoms with Gasteiger partial charge in [-0.25, -0.2) is 4.39 Å². The van der Waals surface area contributed by atoms with Crippen molar-refractivity contribution < 1.29 is 19.2 Å². The van der Waals surface area contributed by atoms with E-state index in [1.54, 1.807) is 4.90 Å². The van der Waals surface area contributed by atoms with Gasteiger partial charge in [0.15, 0.2) is 0 Å². The number of hydrogen-bond acceptors (Lipinski definition) is 4. The van der Waals surface area contributed by atoms with Crippen molar-refractivity contribution in [1.82, 2.24) is 0 Å². The second kappa shape index (κ2) is 5.74. The standard InChI is InChI=1S/C12H12BrFN2O4/c13-8-5-10(11(16(19)20)6-9(8)14)15-3-1-2-7(15)4-12(17)18/h5-7H,1-4H2,(H,17,18). The van der Waals surface area contributed by atoms with E-state index in [-0.39, 0.29) is 28.3 Å². The van der Waals surface area contributed by atoms with Gasteiger partial charge in [-0.05, 0) is 34.8 Å². The highest BCUT2D eigenvalue weighted by Gasteiger charge is 2.32. The summed E-state index contributed by atoms with van der Waals surface area (Å²) >= 11 is 3.01. The molecule has 0 saturated carbocycles. The van der Waals surface area contributed by atoms with Gasteiger partial charge in [-0.1, -0.05) is 0 Å². The van der Waals surface area contributed by atoms with E-state index in [2.05, 4.69) is 15.9 Å². The fourth-order valence-electron chi connectivity index (χ4n) is 2.47. The molecule has 1 aliphatic rings. The average molecular weight is 347 g/mol.